The van der Waals surface area contributed by atoms with Crippen LogP contribution in [0.1, 0.15) is 36.5 Å². The summed E-state index contributed by atoms with van der Waals surface area (Å²) in [6.45, 7) is 2.10. The first-order chi connectivity index (χ1) is 9.92. The summed E-state index contributed by atoms with van der Waals surface area (Å²) in [5, 5.41) is 9.35. The van der Waals surface area contributed by atoms with Gasteiger partial charge in [-0.15, -0.1) is 0 Å². The Labute approximate surface area is 129 Å². The van der Waals surface area contributed by atoms with E-state index in [2.05, 4.69) is 11.6 Å². The summed E-state index contributed by atoms with van der Waals surface area (Å²) in [5.41, 5.74) is 0.0780. The summed E-state index contributed by atoms with van der Waals surface area (Å²) >= 11 is 1.87. The Hall–Kier alpha value is -1.05. The number of sulfonamides is 1. The van der Waals surface area contributed by atoms with E-state index >= 15 is 0 Å². The SMILES string of the molecule is CCSC1CCC(NS(=O)(=O)c2ccc(C(=O)O)cc2)C1. The molecule has 0 bridgehead atoms. The van der Waals surface area contributed by atoms with Crippen LogP contribution in [0.5, 0.6) is 0 Å². The standard InChI is InChI=1S/C14H19NO4S2/c1-2-20-12-6-5-11(9-12)15-21(18,19)13-7-3-10(4-8-13)14(16)17/h3-4,7-8,11-12,15H,2,5-6,9H2,1H3,(H,16,17). The fourth-order valence-electron chi connectivity index (χ4n) is 2.50. The van der Waals surface area contributed by atoms with Gasteiger partial charge in [0.1, 0.15) is 0 Å². The highest BCUT2D eigenvalue weighted by molar-refractivity contribution is 7.99. The smallest absolute Gasteiger partial charge is 0.335 e. The van der Waals surface area contributed by atoms with Gasteiger partial charge in [0.2, 0.25) is 10.0 Å². The molecule has 0 aliphatic heterocycles. The molecule has 0 heterocycles. The molecule has 2 atom stereocenters. The second kappa shape index (κ2) is 6.81. The van der Waals surface area contributed by atoms with E-state index in [9.17, 15) is 13.2 Å². The van der Waals surface area contributed by atoms with E-state index in [0.717, 1.165) is 25.0 Å². The summed E-state index contributed by atoms with van der Waals surface area (Å²) in [5.74, 6) is -0.0250. The maximum Gasteiger partial charge on any atom is 0.335 e. The van der Waals surface area contributed by atoms with Gasteiger partial charge in [0.05, 0.1) is 10.5 Å². The number of nitrogens with one attached hydrogen (secondary N) is 1. The highest BCUT2D eigenvalue weighted by Crippen LogP contribution is 2.30. The van der Waals surface area contributed by atoms with E-state index in [0.29, 0.717) is 5.25 Å². The van der Waals surface area contributed by atoms with E-state index in [1.54, 1.807) is 0 Å². The molecule has 0 spiro atoms. The minimum Gasteiger partial charge on any atom is -0.478 e. The van der Waals surface area contributed by atoms with Crippen molar-refractivity contribution in [1.82, 2.24) is 4.72 Å². The number of carboxylic acid groups (broad SMARTS) is 1. The quantitative estimate of drug-likeness (QED) is 0.837. The lowest BCUT2D eigenvalue weighted by Gasteiger charge is -2.13. The van der Waals surface area contributed by atoms with Gasteiger partial charge in [0.25, 0.3) is 0 Å². The van der Waals surface area contributed by atoms with Gasteiger partial charge in [-0.1, -0.05) is 6.92 Å². The Kier molecular flexibility index (Phi) is 5.29. The molecule has 116 valence electrons. The molecular formula is C14H19NO4S2. The van der Waals surface area contributed by atoms with Crippen LogP contribution in [-0.2, 0) is 10.0 Å². The molecule has 1 aromatic rings. The van der Waals surface area contributed by atoms with Gasteiger partial charge >= 0.3 is 5.97 Å². The average Bonchev–Trinajstić information content (AvgIpc) is 2.86. The summed E-state index contributed by atoms with van der Waals surface area (Å²) in [6.07, 6.45) is 2.73. The zero-order valence-electron chi connectivity index (χ0n) is 11.8. The molecule has 1 fully saturated rings. The van der Waals surface area contributed by atoms with E-state index in [1.165, 1.54) is 24.3 Å². The Morgan fingerprint density at radius 1 is 1.33 bits per heavy atom. The molecule has 0 amide bonds. The molecule has 0 radical (unpaired) electrons. The number of carboxylic acids is 1. The lowest BCUT2D eigenvalue weighted by Crippen LogP contribution is -2.33. The molecular weight excluding hydrogens is 310 g/mol. The Morgan fingerprint density at radius 2 is 2.00 bits per heavy atom. The Bertz CT molecular complexity index is 598. The molecule has 1 aromatic carbocycles. The molecule has 7 heteroatoms. The molecule has 1 saturated carbocycles. The molecule has 21 heavy (non-hydrogen) atoms. The highest BCUT2D eigenvalue weighted by Gasteiger charge is 2.28. The van der Waals surface area contributed by atoms with Gasteiger partial charge in [0.15, 0.2) is 0 Å². The first-order valence-electron chi connectivity index (χ1n) is 6.89. The molecule has 0 aromatic heterocycles. The van der Waals surface area contributed by atoms with Crippen LogP contribution in [0.3, 0.4) is 0 Å². The fraction of sp³-hybridized carbons (Fsp3) is 0.500. The van der Waals surface area contributed by atoms with Crippen LogP contribution in [0.2, 0.25) is 0 Å². The van der Waals surface area contributed by atoms with Crippen molar-refractivity contribution in [1.29, 1.82) is 0 Å². The zero-order chi connectivity index (χ0) is 15.5. The summed E-state index contributed by atoms with van der Waals surface area (Å²) < 4.78 is 27.3. The van der Waals surface area contributed by atoms with E-state index in [1.807, 2.05) is 11.8 Å². The second-order valence-electron chi connectivity index (χ2n) is 5.04. The Balaban J connectivity index is 2.03. The van der Waals surface area contributed by atoms with E-state index < -0.39 is 16.0 Å². The first kappa shape index (κ1) is 16.3. The van der Waals surface area contributed by atoms with E-state index in [-0.39, 0.29) is 16.5 Å². The third-order valence-electron chi connectivity index (χ3n) is 3.52. The number of hydrogen-bond donors (Lipinski definition) is 2. The normalized spacial score (nSPS) is 22.3. The van der Waals surface area contributed by atoms with Gasteiger partial charge in [0, 0.05) is 11.3 Å². The van der Waals surface area contributed by atoms with Crippen molar-refractivity contribution in [3.63, 3.8) is 0 Å². The van der Waals surface area contributed by atoms with Gasteiger partial charge in [-0.05, 0) is 49.3 Å². The van der Waals surface area contributed by atoms with Crippen molar-refractivity contribution in [2.75, 3.05) is 5.75 Å². The zero-order valence-corrected chi connectivity index (χ0v) is 13.4. The third kappa shape index (κ3) is 4.21. The minimum absolute atomic E-state index is 0.0294. The predicted molar refractivity (Wildman–Crippen MR) is 83.3 cm³/mol. The van der Waals surface area contributed by atoms with Crippen LogP contribution in [0.4, 0.5) is 0 Å². The van der Waals surface area contributed by atoms with Crippen molar-refractivity contribution in [2.24, 2.45) is 0 Å². The van der Waals surface area contributed by atoms with Crippen LogP contribution >= 0.6 is 11.8 Å². The summed E-state index contributed by atoms with van der Waals surface area (Å²) in [4.78, 5) is 10.9. The molecule has 1 aliphatic carbocycles. The summed E-state index contributed by atoms with van der Waals surface area (Å²) in [7, 11) is -3.58. The first-order valence-corrected chi connectivity index (χ1v) is 9.43. The Morgan fingerprint density at radius 3 is 2.57 bits per heavy atom. The molecule has 0 saturated heterocycles. The van der Waals surface area contributed by atoms with Crippen molar-refractivity contribution < 1.29 is 18.3 Å². The average molecular weight is 329 g/mol. The molecule has 5 nitrogen and oxygen atoms in total. The number of thioether (sulfide) groups is 1. The lowest BCUT2D eigenvalue weighted by molar-refractivity contribution is 0.0696. The van der Waals surface area contributed by atoms with Crippen LogP contribution in [0, 0.1) is 0 Å². The fourth-order valence-corrected chi connectivity index (χ4v) is 4.92. The van der Waals surface area contributed by atoms with Crippen molar-refractivity contribution in [2.45, 2.75) is 42.4 Å². The molecule has 2 N–H and O–H groups in total. The van der Waals surface area contributed by atoms with Crippen LogP contribution in [0.25, 0.3) is 0 Å². The maximum atomic E-state index is 12.3. The highest BCUT2D eigenvalue weighted by atomic mass is 32.2. The molecule has 2 unspecified atom stereocenters. The monoisotopic (exact) mass is 329 g/mol. The second-order valence-corrected chi connectivity index (χ2v) is 8.33. The van der Waals surface area contributed by atoms with Crippen molar-refractivity contribution in [3.05, 3.63) is 29.8 Å². The van der Waals surface area contributed by atoms with Gasteiger partial charge < -0.3 is 5.11 Å². The molecule has 1 aliphatic rings. The minimum atomic E-state index is -3.58. The van der Waals surface area contributed by atoms with Crippen LogP contribution < -0.4 is 4.72 Å². The largest absolute Gasteiger partial charge is 0.478 e. The van der Waals surface area contributed by atoms with E-state index in [4.69, 9.17) is 5.11 Å². The topological polar surface area (TPSA) is 83.5 Å². The molecule has 2 rings (SSSR count). The lowest BCUT2D eigenvalue weighted by atomic mass is 10.2. The number of rotatable bonds is 6. The summed E-state index contributed by atoms with van der Waals surface area (Å²) in [6, 6.07) is 5.25. The van der Waals surface area contributed by atoms with Gasteiger partial charge in [-0.2, -0.15) is 11.8 Å². The predicted octanol–water partition coefficient (Wildman–Crippen LogP) is 2.34. The van der Waals surface area contributed by atoms with Crippen LogP contribution in [0.15, 0.2) is 29.2 Å². The van der Waals surface area contributed by atoms with Crippen molar-refractivity contribution >= 4 is 27.8 Å². The van der Waals surface area contributed by atoms with Crippen molar-refractivity contribution in [3.8, 4) is 0 Å². The number of benzene rings is 1. The number of carbonyl (C=O) groups is 1. The van der Waals surface area contributed by atoms with Gasteiger partial charge in [-0.25, -0.2) is 17.9 Å². The van der Waals surface area contributed by atoms with Gasteiger partial charge in [-0.3, -0.25) is 0 Å². The van der Waals surface area contributed by atoms with Crippen LogP contribution in [-0.4, -0.2) is 36.5 Å². The number of hydrogen-bond acceptors (Lipinski definition) is 4. The maximum absolute atomic E-state index is 12.3. The third-order valence-corrected chi connectivity index (χ3v) is 6.29. The number of aromatic carboxylic acids is 1.